The van der Waals surface area contributed by atoms with E-state index in [0.29, 0.717) is 13.0 Å². The average molecular weight is 310 g/mol. The van der Waals surface area contributed by atoms with Gasteiger partial charge in [0, 0.05) is 19.6 Å². The van der Waals surface area contributed by atoms with Crippen LogP contribution in [0.5, 0.6) is 0 Å². The normalized spacial score (nSPS) is 19.9. The van der Waals surface area contributed by atoms with Crippen molar-refractivity contribution in [3.05, 3.63) is 0 Å². The second kappa shape index (κ2) is 11.3. The highest BCUT2D eigenvalue weighted by Crippen LogP contribution is 2.23. The fourth-order valence-corrected chi connectivity index (χ4v) is 2.57. The quantitative estimate of drug-likeness (QED) is 0.485. The highest BCUT2D eigenvalue weighted by Gasteiger charge is 2.25. The topological polar surface area (TPSA) is 18.5 Å². The number of ether oxygens (including phenoxy) is 2. The molecule has 1 fully saturated rings. The molecule has 0 bridgehead atoms. The molecule has 0 aliphatic carbocycles. The molecule has 0 radical (unpaired) electrons. The first-order valence-electron chi connectivity index (χ1n) is 8.34. The van der Waals surface area contributed by atoms with Gasteiger partial charge in [-0.15, -0.1) is 0 Å². The molecule has 21 heavy (non-hydrogen) atoms. The van der Waals surface area contributed by atoms with Crippen molar-refractivity contribution in [1.29, 1.82) is 0 Å². The third-order valence-electron chi connectivity index (χ3n) is 3.83. The highest BCUT2D eigenvalue weighted by atomic mass is 19.4. The summed E-state index contributed by atoms with van der Waals surface area (Å²) in [6, 6.07) is 0. The van der Waals surface area contributed by atoms with Gasteiger partial charge in [-0.3, -0.25) is 0 Å². The van der Waals surface area contributed by atoms with Crippen LogP contribution in [-0.2, 0) is 9.47 Å². The number of alkyl halides is 3. The summed E-state index contributed by atoms with van der Waals surface area (Å²) in [6.07, 6.45) is 5.31. The van der Waals surface area contributed by atoms with Crippen molar-refractivity contribution in [2.24, 2.45) is 0 Å². The van der Waals surface area contributed by atoms with Crippen LogP contribution in [0.4, 0.5) is 13.2 Å². The smallest absolute Gasteiger partial charge is 0.379 e. The van der Waals surface area contributed by atoms with E-state index in [1.54, 1.807) is 0 Å². The van der Waals surface area contributed by atoms with Crippen molar-refractivity contribution in [1.82, 2.24) is 0 Å². The number of unbranched alkanes of at least 4 members (excludes halogenated alkanes) is 6. The predicted octanol–water partition coefficient (Wildman–Crippen LogP) is 5.26. The Balaban J connectivity index is 1.74. The summed E-state index contributed by atoms with van der Waals surface area (Å²) >= 11 is 0. The Morgan fingerprint density at radius 1 is 0.905 bits per heavy atom. The molecule has 1 aliphatic heterocycles. The molecule has 0 spiro atoms. The Labute approximate surface area is 126 Å². The van der Waals surface area contributed by atoms with Crippen LogP contribution in [0.15, 0.2) is 0 Å². The molecular weight excluding hydrogens is 281 g/mol. The molecule has 0 N–H and O–H groups in total. The van der Waals surface area contributed by atoms with Gasteiger partial charge in [0.05, 0.1) is 12.7 Å². The molecule has 126 valence electrons. The molecule has 0 aromatic rings. The minimum Gasteiger partial charge on any atom is -0.379 e. The van der Waals surface area contributed by atoms with Gasteiger partial charge in [-0.25, -0.2) is 0 Å². The van der Waals surface area contributed by atoms with Crippen molar-refractivity contribution in [3.63, 3.8) is 0 Å². The Morgan fingerprint density at radius 2 is 1.57 bits per heavy atom. The molecule has 1 unspecified atom stereocenters. The summed E-state index contributed by atoms with van der Waals surface area (Å²) in [4.78, 5) is 0. The predicted molar refractivity (Wildman–Crippen MR) is 77.4 cm³/mol. The summed E-state index contributed by atoms with van der Waals surface area (Å²) in [7, 11) is 0. The van der Waals surface area contributed by atoms with Crippen molar-refractivity contribution >= 4 is 0 Å². The van der Waals surface area contributed by atoms with E-state index in [0.717, 1.165) is 51.7 Å². The van der Waals surface area contributed by atoms with Gasteiger partial charge in [-0.1, -0.05) is 32.1 Å². The van der Waals surface area contributed by atoms with Crippen molar-refractivity contribution < 1.29 is 22.6 Å². The molecule has 1 rings (SSSR count). The van der Waals surface area contributed by atoms with E-state index >= 15 is 0 Å². The lowest BCUT2D eigenvalue weighted by Gasteiger charge is -2.22. The van der Waals surface area contributed by atoms with Crippen molar-refractivity contribution in [2.75, 3.05) is 19.8 Å². The lowest BCUT2D eigenvalue weighted by atomic mass is 10.1. The number of rotatable bonds is 11. The lowest BCUT2D eigenvalue weighted by Crippen LogP contribution is -2.24. The van der Waals surface area contributed by atoms with Crippen LogP contribution in [0, 0.1) is 0 Å². The van der Waals surface area contributed by atoms with Gasteiger partial charge in [0.2, 0.25) is 0 Å². The Hall–Kier alpha value is -0.290. The molecule has 0 aromatic carbocycles. The van der Waals surface area contributed by atoms with E-state index in [1.807, 2.05) is 0 Å². The zero-order valence-electron chi connectivity index (χ0n) is 12.9. The van der Waals surface area contributed by atoms with E-state index in [-0.39, 0.29) is 12.5 Å². The van der Waals surface area contributed by atoms with Gasteiger partial charge in [-0.05, 0) is 32.1 Å². The lowest BCUT2D eigenvalue weighted by molar-refractivity contribution is -0.135. The van der Waals surface area contributed by atoms with Crippen molar-refractivity contribution in [3.8, 4) is 0 Å². The second-order valence-corrected chi connectivity index (χ2v) is 5.90. The molecule has 2 nitrogen and oxygen atoms in total. The van der Waals surface area contributed by atoms with Gasteiger partial charge < -0.3 is 9.47 Å². The van der Waals surface area contributed by atoms with E-state index < -0.39 is 12.6 Å². The Kier molecular flexibility index (Phi) is 10.1. The van der Waals surface area contributed by atoms with Crippen molar-refractivity contribution in [2.45, 2.75) is 82.9 Å². The average Bonchev–Trinajstić information content (AvgIpc) is 2.44. The Morgan fingerprint density at radius 3 is 2.19 bits per heavy atom. The van der Waals surface area contributed by atoms with Gasteiger partial charge in [0.25, 0.3) is 0 Å². The zero-order valence-corrected chi connectivity index (χ0v) is 12.9. The molecule has 1 aliphatic rings. The van der Waals surface area contributed by atoms with Crippen LogP contribution < -0.4 is 0 Å². The minimum absolute atomic E-state index is 0.272. The first kappa shape index (κ1) is 18.8. The zero-order chi connectivity index (χ0) is 15.4. The number of halogens is 3. The molecule has 1 atom stereocenters. The van der Waals surface area contributed by atoms with E-state index in [9.17, 15) is 13.2 Å². The standard InChI is InChI=1S/C16H29F3O2/c17-16(18,19)11-7-4-2-1-3-5-8-12-20-14-15-10-6-9-13-21-15/h15H,1-14H2. The molecule has 0 aromatic heterocycles. The fourth-order valence-electron chi connectivity index (χ4n) is 2.57. The summed E-state index contributed by atoms with van der Waals surface area (Å²) in [5.74, 6) is 0. The molecule has 1 heterocycles. The number of hydrogen-bond donors (Lipinski definition) is 0. The summed E-state index contributed by atoms with van der Waals surface area (Å²) in [5, 5.41) is 0. The maximum atomic E-state index is 11.9. The van der Waals surface area contributed by atoms with Gasteiger partial charge in [0.15, 0.2) is 0 Å². The molecule has 0 saturated carbocycles. The number of hydrogen-bond acceptors (Lipinski definition) is 2. The van der Waals surface area contributed by atoms with Crippen LogP contribution >= 0.6 is 0 Å². The summed E-state index contributed by atoms with van der Waals surface area (Å²) in [5.41, 5.74) is 0. The second-order valence-electron chi connectivity index (χ2n) is 5.90. The van der Waals surface area contributed by atoms with Gasteiger partial charge >= 0.3 is 6.18 Å². The summed E-state index contributed by atoms with van der Waals surface area (Å²) in [6.45, 7) is 2.34. The highest BCUT2D eigenvalue weighted by molar-refractivity contribution is 4.62. The monoisotopic (exact) mass is 310 g/mol. The van der Waals surface area contributed by atoms with Crippen LogP contribution in [0.1, 0.15) is 70.6 Å². The SMILES string of the molecule is FC(F)(F)CCCCCCCCCOCC1CCCCO1. The van der Waals surface area contributed by atoms with E-state index in [1.165, 1.54) is 12.8 Å². The maximum Gasteiger partial charge on any atom is 0.389 e. The van der Waals surface area contributed by atoms with Gasteiger partial charge in [0.1, 0.15) is 0 Å². The third-order valence-corrected chi connectivity index (χ3v) is 3.83. The molecule has 0 amide bonds. The van der Waals surface area contributed by atoms with E-state index in [2.05, 4.69) is 0 Å². The third kappa shape index (κ3) is 12.0. The molecule has 1 saturated heterocycles. The fraction of sp³-hybridized carbons (Fsp3) is 1.00. The largest absolute Gasteiger partial charge is 0.389 e. The first-order chi connectivity index (χ1) is 10.1. The Bertz CT molecular complexity index is 238. The molecule has 5 heteroatoms. The van der Waals surface area contributed by atoms with E-state index in [4.69, 9.17) is 9.47 Å². The minimum atomic E-state index is -3.99. The van der Waals surface area contributed by atoms with Gasteiger partial charge in [-0.2, -0.15) is 13.2 Å². The summed E-state index contributed by atoms with van der Waals surface area (Å²) < 4.78 is 46.9. The van der Waals surface area contributed by atoms with Crippen LogP contribution in [-0.4, -0.2) is 32.1 Å². The van der Waals surface area contributed by atoms with Crippen LogP contribution in [0.25, 0.3) is 0 Å². The first-order valence-corrected chi connectivity index (χ1v) is 8.34. The van der Waals surface area contributed by atoms with Crippen LogP contribution in [0.3, 0.4) is 0 Å². The van der Waals surface area contributed by atoms with Crippen LogP contribution in [0.2, 0.25) is 0 Å². The maximum absolute atomic E-state index is 11.9. The molecular formula is C16H29F3O2.